The molecule has 1 nitrogen and oxygen atoms in total. The van der Waals surface area contributed by atoms with Crippen molar-refractivity contribution in [2.75, 3.05) is 6.61 Å². The lowest BCUT2D eigenvalue weighted by atomic mass is 10.0. The molecule has 3 heteroatoms. The average Bonchev–Trinajstić information content (AvgIpc) is 2.09. The molecule has 0 bridgehead atoms. The number of aliphatic hydroxyl groups excluding tert-OH is 1. The predicted octanol–water partition coefficient (Wildman–Crippen LogP) is 2.71. The van der Waals surface area contributed by atoms with Gasteiger partial charge in [-0.1, -0.05) is 11.6 Å². The van der Waals surface area contributed by atoms with Crippen molar-refractivity contribution >= 4 is 11.6 Å². The molecule has 72 valence electrons. The van der Waals surface area contributed by atoms with E-state index in [1.54, 1.807) is 6.07 Å². The minimum absolute atomic E-state index is 0.147. The van der Waals surface area contributed by atoms with Crippen molar-refractivity contribution in [3.63, 3.8) is 0 Å². The van der Waals surface area contributed by atoms with E-state index in [4.69, 9.17) is 16.7 Å². The van der Waals surface area contributed by atoms with Crippen LogP contribution in [-0.2, 0) is 6.42 Å². The molecule has 0 spiro atoms. The summed E-state index contributed by atoms with van der Waals surface area (Å²) in [6.07, 6.45) is 1.42. The number of aryl methyl sites for hydroxylation is 2. The maximum atomic E-state index is 12.9. The molecule has 0 saturated heterocycles. The Labute approximate surface area is 82.2 Å². The number of hydrogen-bond acceptors (Lipinski definition) is 1. The molecule has 0 amide bonds. The quantitative estimate of drug-likeness (QED) is 0.799. The largest absolute Gasteiger partial charge is 0.396 e. The Kier molecular flexibility index (Phi) is 3.70. The molecule has 0 saturated carbocycles. The highest BCUT2D eigenvalue weighted by atomic mass is 35.5. The summed E-state index contributed by atoms with van der Waals surface area (Å²) in [5.74, 6) is -0.382. The van der Waals surface area contributed by atoms with Crippen molar-refractivity contribution in [3.05, 3.63) is 34.1 Å². The zero-order valence-corrected chi connectivity index (χ0v) is 8.24. The first-order chi connectivity index (χ1) is 6.15. The second-order valence-corrected chi connectivity index (χ2v) is 3.43. The van der Waals surface area contributed by atoms with Crippen LogP contribution in [0.1, 0.15) is 17.5 Å². The van der Waals surface area contributed by atoms with Gasteiger partial charge in [-0.3, -0.25) is 0 Å². The molecule has 0 heterocycles. The lowest BCUT2D eigenvalue weighted by molar-refractivity contribution is 0.288. The lowest BCUT2D eigenvalue weighted by Crippen LogP contribution is -1.94. The van der Waals surface area contributed by atoms with Crippen molar-refractivity contribution < 1.29 is 9.50 Å². The van der Waals surface area contributed by atoms with Gasteiger partial charge in [-0.15, -0.1) is 0 Å². The number of rotatable bonds is 3. The first-order valence-electron chi connectivity index (χ1n) is 4.20. The van der Waals surface area contributed by atoms with Crippen LogP contribution in [-0.4, -0.2) is 11.7 Å². The highest BCUT2D eigenvalue weighted by molar-refractivity contribution is 6.30. The van der Waals surface area contributed by atoms with Crippen molar-refractivity contribution in [1.82, 2.24) is 0 Å². The fourth-order valence-corrected chi connectivity index (χ4v) is 1.41. The van der Waals surface area contributed by atoms with E-state index in [2.05, 4.69) is 0 Å². The van der Waals surface area contributed by atoms with Crippen LogP contribution in [0.25, 0.3) is 0 Å². The summed E-state index contributed by atoms with van der Waals surface area (Å²) in [5.41, 5.74) is 1.89. The van der Waals surface area contributed by atoms with Crippen molar-refractivity contribution in [2.45, 2.75) is 19.8 Å². The van der Waals surface area contributed by atoms with Gasteiger partial charge in [0, 0.05) is 6.61 Å². The van der Waals surface area contributed by atoms with Gasteiger partial charge in [0.05, 0.1) is 5.02 Å². The van der Waals surface area contributed by atoms with Crippen LogP contribution in [0.5, 0.6) is 0 Å². The van der Waals surface area contributed by atoms with Crippen LogP contribution in [0.4, 0.5) is 4.39 Å². The van der Waals surface area contributed by atoms with Crippen LogP contribution in [0.15, 0.2) is 12.1 Å². The summed E-state index contributed by atoms with van der Waals surface area (Å²) in [4.78, 5) is 0. The Hall–Kier alpha value is -0.600. The fourth-order valence-electron chi connectivity index (χ4n) is 1.23. The zero-order valence-electron chi connectivity index (χ0n) is 7.48. The fraction of sp³-hybridized carbons (Fsp3) is 0.400. The number of aliphatic hydroxyl groups is 1. The Morgan fingerprint density at radius 2 is 2.15 bits per heavy atom. The van der Waals surface area contributed by atoms with E-state index in [-0.39, 0.29) is 17.4 Å². The second kappa shape index (κ2) is 4.58. The SMILES string of the molecule is Cc1cc(F)c(Cl)cc1CCCO. The molecule has 0 fully saturated rings. The molecular weight excluding hydrogens is 191 g/mol. The molecule has 0 unspecified atom stereocenters. The molecule has 13 heavy (non-hydrogen) atoms. The Morgan fingerprint density at radius 3 is 2.77 bits per heavy atom. The van der Waals surface area contributed by atoms with E-state index in [0.29, 0.717) is 6.42 Å². The van der Waals surface area contributed by atoms with E-state index < -0.39 is 0 Å². The molecule has 0 aliphatic carbocycles. The Balaban J connectivity index is 2.88. The summed E-state index contributed by atoms with van der Waals surface area (Å²) in [7, 11) is 0. The van der Waals surface area contributed by atoms with Gasteiger partial charge in [0.1, 0.15) is 5.82 Å². The van der Waals surface area contributed by atoms with Crippen LogP contribution in [0, 0.1) is 12.7 Å². The topological polar surface area (TPSA) is 20.2 Å². The summed E-state index contributed by atoms with van der Waals surface area (Å²) in [6, 6.07) is 3.05. The monoisotopic (exact) mass is 202 g/mol. The molecular formula is C10H12ClFO. The summed E-state index contributed by atoms with van der Waals surface area (Å²) < 4.78 is 12.9. The standard InChI is InChI=1S/C10H12ClFO/c1-7-5-10(12)9(11)6-8(7)3-2-4-13/h5-6,13H,2-4H2,1H3. The molecule has 0 atom stereocenters. The van der Waals surface area contributed by atoms with Gasteiger partial charge in [0.15, 0.2) is 0 Å². The maximum absolute atomic E-state index is 12.9. The average molecular weight is 203 g/mol. The van der Waals surface area contributed by atoms with E-state index in [1.165, 1.54) is 6.07 Å². The highest BCUT2D eigenvalue weighted by Gasteiger charge is 2.04. The first kappa shape index (κ1) is 10.5. The molecule has 0 radical (unpaired) electrons. The molecule has 1 rings (SSSR count). The molecule has 1 aromatic carbocycles. The number of halogens is 2. The summed E-state index contributed by atoms with van der Waals surface area (Å²) >= 11 is 5.63. The summed E-state index contributed by atoms with van der Waals surface area (Å²) in [6.45, 7) is 1.99. The van der Waals surface area contributed by atoms with E-state index in [0.717, 1.165) is 17.5 Å². The molecule has 0 aliphatic heterocycles. The number of benzene rings is 1. The van der Waals surface area contributed by atoms with Crippen molar-refractivity contribution in [3.8, 4) is 0 Å². The Morgan fingerprint density at radius 1 is 1.46 bits per heavy atom. The third kappa shape index (κ3) is 2.68. The number of hydrogen-bond donors (Lipinski definition) is 1. The van der Waals surface area contributed by atoms with Crippen LogP contribution < -0.4 is 0 Å². The molecule has 0 aromatic heterocycles. The molecule has 1 N–H and O–H groups in total. The Bertz CT molecular complexity index is 299. The molecule has 1 aromatic rings. The zero-order chi connectivity index (χ0) is 9.84. The molecule has 0 aliphatic rings. The minimum atomic E-state index is -0.382. The minimum Gasteiger partial charge on any atom is -0.396 e. The normalized spacial score (nSPS) is 10.5. The maximum Gasteiger partial charge on any atom is 0.142 e. The predicted molar refractivity (Wildman–Crippen MR) is 51.6 cm³/mol. The van der Waals surface area contributed by atoms with Gasteiger partial charge < -0.3 is 5.11 Å². The van der Waals surface area contributed by atoms with Crippen LogP contribution in [0.3, 0.4) is 0 Å². The van der Waals surface area contributed by atoms with Gasteiger partial charge in [0.2, 0.25) is 0 Å². The summed E-state index contributed by atoms with van der Waals surface area (Å²) in [5, 5.41) is 8.79. The highest BCUT2D eigenvalue weighted by Crippen LogP contribution is 2.20. The van der Waals surface area contributed by atoms with Gasteiger partial charge in [-0.05, 0) is 43.0 Å². The third-order valence-electron chi connectivity index (χ3n) is 1.98. The van der Waals surface area contributed by atoms with E-state index in [1.807, 2.05) is 6.92 Å². The first-order valence-corrected chi connectivity index (χ1v) is 4.58. The smallest absolute Gasteiger partial charge is 0.142 e. The van der Waals surface area contributed by atoms with Gasteiger partial charge in [0.25, 0.3) is 0 Å². The van der Waals surface area contributed by atoms with Crippen LogP contribution in [0.2, 0.25) is 5.02 Å². The second-order valence-electron chi connectivity index (χ2n) is 3.02. The van der Waals surface area contributed by atoms with E-state index in [9.17, 15) is 4.39 Å². The van der Waals surface area contributed by atoms with Crippen LogP contribution >= 0.6 is 11.6 Å². The third-order valence-corrected chi connectivity index (χ3v) is 2.27. The van der Waals surface area contributed by atoms with Gasteiger partial charge >= 0.3 is 0 Å². The van der Waals surface area contributed by atoms with Crippen molar-refractivity contribution in [2.24, 2.45) is 0 Å². The van der Waals surface area contributed by atoms with Gasteiger partial charge in [-0.2, -0.15) is 0 Å². The lowest BCUT2D eigenvalue weighted by Gasteiger charge is -2.05. The van der Waals surface area contributed by atoms with Gasteiger partial charge in [-0.25, -0.2) is 4.39 Å². The van der Waals surface area contributed by atoms with E-state index >= 15 is 0 Å². The van der Waals surface area contributed by atoms with Crippen molar-refractivity contribution in [1.29, 1.82) is 0 Å².